The minimum Gasteiger partial charge on any atom is -0.483 e. The van der Waals surface area contributed by atoms with Gasteiger partial charge in [-0.3, -0.25) is 0 Å². The van der Waals surface area contributed by atoms with Crippen LogP contribution in [0.1, 0.15) is 11.3 Å². The number of hydrogen-bond acceptors (Lipinski definition) is 4. The highest BCUT2D eigenvalue weighted by Crippen LogP contribution is 2.24. The number of para-hydroxylation sites is 1. The van der Waals surface area contributed by atoms with Gasteiger partial charge < -0.3 is 4.74 Å². The molecule has 0 aliphatic carbocycles. The van der Waals surface area contributed by atoms with Crippen molar-refractivity contribution in [3.63, 3.8) is 0 Å². The SMILES string of the molecule is N#Cc1n[nH]nc1-c1cccc(COc2c(F)cccc2F)c1. The van der Waals surface area contributed by atoms with Crippen molar-refractivity contribution >= 4 is 0 Å². The molecule has 0 amide bonds. The predicted octanol–water partition coefficient (Wildman–Crippen LogP) is 3.20. The molecule has 1 heterocycles. The van der Waals surface area contributed by atoms with Crippen molar-refractivity contribution in [3.8, 4) is 23.1 Å². The number of aromatic nitrogens is 3. The molecule has 1 aromatic heterocycles. The summed E-state index contributed by atoms with van der Waals surface area (Å²) < 4.78 is 32.3. The number of nitrogens with one attached hydrogen (secondary N) is 1. The Morgan fingerprint density at radius 1 is 1.09 bits per heavy atom. The molecule has 3 rings (SSSR count). The number of aromatic amines is 1. The molecule has 114 valence electrons. The first-order valence-electron chi connectivity index (χ1n) is 6.66. The van der Waals surface area contributed by atoms with Gasteiger partial charge in [0.05, 0.1) is 0 Å². The molecule has 0 unspecified atom stereocenters. The van der Waals surface area contributed by atoms with E-state index in [-0.39, 0.29) is 12.3 Å². The van der Waals surface area contributed by atoms with Crippen LogP contribution >= 0.6 is 0 Å². The zero-order chi connectivity index (χ0) is 16.2. The molecule has 0 radical (unpaired) electrons. The van der Waals surface area contributed by atoms with Crippen LogP contribution in [0.15, 0.2) is 42.5 Å². The first kappa shape index (κ1) is 14.7. The first-order chi connectivity index (χ1) is 11.2. The van der Waals surface area contributed by atoms with Crippen LogP contribution in [0.4, 0.5) is 8.78 Å². The Morgan fingerprint density at radius 2 is 1.83 bits per heavy atom. The van der Waals surface area contributed by atoms with Crippen molar-refractivity contribution in [2.45, 2.75) is 6.61 Å². The highest BCUT2D eigenvalue weighted by molar-refractivity contribution is 5.64. The van der Waals surface area contributed by atoms with E-state index < -0.39 is 17.4 Å². The van der Waals surface area contributed by atoms with Gasteiger partial charge in [-0.05, 0) is 23.8 Å². The fourth-order valence-corrected chi connectivity index (χ4v) is 2.09. The van der Waals surface area contributed by atoms with E-state index in [9.17, 15) is 8.78 Å². The van der Waals surface area contributed by atoms with Gasteiger partial charge in [-0.2, -0.15) is 15.6 Å². The molecule has 0 fully saturated rings. The van der Waals surface area contributed by atoms with Crippen LogP contribution in [0.25, 0.3) is 11.3 Å². The summed E-state index contributed by atoms with van der Waals surface area (Å²) in [6, 6.07) is 12.4. The predicted molar refractivity (Wildman–Crippen MR) is 77.2 cm³/mol. The number of nitriles is 1. The quantitative estimate of drug-likeness (QED) is 0.803. The maximum absolute atomic E-state index is 13.5. The Kier molecular flexibility index (Phi) is 3.97. The second-order valence-corrected chi connectivity index (χ2v) is 4.67. The Labute approximate surface area is 130 Å². The average Bonchev–Trinajstić information content (AvgIpc) is 3.03. The Hall–Kier alpha value is -3.27. The van der Waals surface area contributed by atoms with Crippen LogP contribution in [0.3, 0.4) is 0 Å². The highest BCUT2D eigenvalue weighted by Gasteiger charge is 2.12. The third-order valence-electron chi connectivity index (χ3n) is 3.16. The van der Waals surface area contributed by atoms with Gasteiger partial charge in [0.1, 0.15) is 18.4 Å². The molecule has 3 aromatic rings. The molecule has 0 aliphatic rings. The standard InChI is InChI=1S/C16H10F2N4O/c17-12-5-2-6-13(18)16(12)23-9-10-3-1-4-11(7-10)15-14(8-19)20-22-21-15/h1-7H,9H2,(H,20,21,22). The molecule has 0 aliphatic heterocycles. The van der Waals surface area contributed by atoms with Gasteiger partial charge in [0.15, 0.2) is 23.1 Å². The topological polar surface area (TPSA) is 74.6 Å². The molecule has 7 heteroatoms. The number of nitrogens with zero attached hydrogens (tertiary/aromatic N) is 3. The fraction of sp³-hybridized carbons (Fsp3) is 0.0625. The lowest BCUT2D eigenvalue weighted by Gasteiger charge is -2.09. The molecule has 23 heavy (non-hydrogen) atoms. The van der Waals surface area contributed by atoms with E-state index in [0.29, 0.717) is 16.8 Å². The van der Waals surface area contributed by atoms with Crippen LogP contribution in [0.5, 0.6) is 5.75 Å². The van der Waals surface area contributed by atoms with E-state index >= 15 is 0 Å². The van der Waals surface area contributed by atoms with E-state index in [0.717, 1.165) is 12.1 Å². The zero-order valence-electron chi connectivity index (χ0n) is 11.8. The maximum Gasteiger partial charge on any atom is 0.191 e. The smallest absolute Gasteiger partial charge is 0.191 e. The molecule has 0 saturated heterocycles. The lowest BCUT2D eigenvalue weighted by atomic mass is 10.1. The third kappa shape index (κ3) is 3.01. The summed E-state index contributed by atoms with van der Waals surface area (Å²) in [6.45, 7) is -0.0224. The van der Waals surface area contributed by atoms with Crippen molar-refractivity contribution in [1.82, 2.24) is 15.4 Å². The summed E-state index contributed by atoms with van der Waals surface area (Å²) in [5, 5.41) is 19.0. The summed E-state index contributed by atoms with van der Waals surface area (Å²) in [6.07, 6.45) is 0. The lowest BCUT2D eigenvalue weighted by molar-refractivity contribution is 0.274. The van der Waals surface area contributed by atoms with Crippen molar-refractivity contribution in [2.24, 2.45) is 0 Å². The maximum atomic E-state index is 13.5. The van der Waals surface area contributed by atoms with E-state index in [1.807, 2.05) is 6.07 Å². The van der Waals surface area contributed by atoms with Gasteiger partial charge in [-0.1, -0.05) is 24.3 Å². The van der Waals surface area contributed by atoms with Crippen LogP contribution in [0.2, 0.25) is 0 Å². The molecule has 0 atom stereocenters. The molecule has 2 aromatic carbocycles. The summed E-state index contributed by atoms with van der Waals surface area (Å²) in [5.74, 6) is -1.94. The minimum absolute atomic E-state index is 0.0224. The number of benzene rings is 2. The van der Waals surface area contributed by atoms with Crippen LogP contribution in [0, 0.1) is 23.0 Å². The minimum atomic E-state index is -0.760. The number of ether oxygens (including phenoxy) is 1. The van der Waals surface area contributed by atoms with Gasteiger partial charge in [0.2, 0.25) is 0 Å². The van der Waals surface area contributed by atoms with Gasteiger partial charge in [0, 0.05) is 5.56 Å². The molecule has 0 spiro atoms. The number of H-pyrrole nitrogens is 1. The van der Waals surface area contributed by atoms with Gasteiger partial charge >= 0.3 is 0 Å². The molecule has 0 saturated carbocycles. The third-order valence-corrected chi connectivity index (χ3v) is 3.16. The summed E-state index contributed by atoms with van der Waals surface area (Å²) in [7, 11) is 0. The number of halogens is 2. The molecular formula is C16H10F2N4O. The zero-order valence-corrected chi connectivity index (χ0v) is 11.8. The van der Waals surface area contributed by atoms with Crippen molar-refractivity contribution in [3.05, 3.63) is 65.4 Å². The second-order valence-electron chi connectivity index (χ2n) is 4.67. The average molecular weight is 312 g/mol. The molecule has 1 N–H and O–H groups in total. The largest absolute Gasteiger partial charge is 0.483 e. The number of rotatable bonds is 4. The Morgan fingerprint density at radius 3 is 2.57 bits per heavy atom. The monoisotopic (exact) mass is 312 g/mol. The van der Waals surface area contributed by atoms with Gasteiger partial charge in [-0.25, -0.2) is 8.78 Å². The highest BCUT2D eigenvalue weighted by atomic mass is 19.1. The number of hydrogen-bond donors (Lipinski definition) is 1. The molecular weight excluding hydrogens is 302 g/mol. The summed E-state index contributed by atoms with van der Waals surface area (Å²) in [5.41, 5.74) is 1.91. The van der Waals surface area contributed by atoms with Crippen molar-refractivity contribution in [2.75, 3.05) is 0 Å². The van der Waals surface area contributed by atoms with E-state index in [1.165, 1.54) is 6.07 Å². The van der Waals surface area contributed by atoms with E-state index in [2.05, 4.69) is 15.4 Å². The molecule has 5 nitrogen and oxygen atoms in total. The fourth-order valence-electron chi connectivity index (χ4n) is 2.09. The van der Waals surface area contributed by atoms with E-state index in [1.54, 1.807) is 24.3 Å². The molecule has 0 bridgehead atoms. The van der Waals surface area contributed by atoms with Crippen molar-refractivity contribution in [1.29, 1.82) is 5.26 Å². The first-order valence-corrected chi connectivity index (χ1v) is 6.66. The Balaban J connectivity index is 1.83. The Bertz CT molecular complexity index is 866. The normalized spacial score (nSPS) is 10.3. The van der Waals surface area contributed by atoms with Crippen LogP contribution in [-0.4, -0.2) is 15.4 Å². The van der Waals surface area contributed by atoms with Crippen LogP contribution in [-0.2, 0) is 6.61 Å². The van der Waals surface area contributed by atoms with Gasteiger partial charge in [0.25, 0.3) is 0 Å². The van der Waals surface area contributed by atoms with Crippen LogP contribution < -0.4 is 4.74 Å². The van der Waals surface area contributed by atoms with Crippen molar-refractivity contribution < 1.29 is 13.5 Å². The van der Waals surface area contributed by atoms with Gasteiger partial charge in [-0.15, -0.1) is 5.10 Å². The van der Waals surface area contributed by atoms with E-state index in [4.69, 9.17) is 10.00 Å². The summed E-state index contributed by atoms with van der Waals surface area (Å²) in [4.78, 5) is 0. The second kappa shape index (κ2) is 6.23. The lowest BCUT2D eigenvalue weighted by Crippen LogP contribution is -2.00. The summed E-state index contributed by atoms with van der Waals surface area (Å²) >= 11 is 0.